The Morgan fingerprint density at radius 2 is 1.85 bits per heavy atom. The third kappa shape index (κ3) is 3.05. The van der Waals surface area contributed by atoms with Gasteiger partial charge in [0.2, 0.25) is 0 Å². The van der Waals surface area contributed by atoms with Crippen molar-refractivity contribution >= 4 is 5.91 Å². The summed E-state index contributed by atoms with van der Waals surface area (Å²) in [5.41, 5.74) is 3.24. The molecule has 0 saturated carbocycles. The molecular weight excluding hydrogens is 253 g/mol. The highest BCUT2D eigenvalue weighted by Gasteiger charge is 2.15. The molecule has 3 heteroatoms. The average Bonchev–Trinajstić information content (AvgIpc) is 2.40. The molecule has 0 aliphatic heterocycles. The van der Waals surface area contributed by atoms with E-state index in [9.17, 15) is 9.18 Å². The second kappa shape index (κ2) is 5.87. The first-order chi connectivity index (χ1) is 9.49. The first-order valence-corrected chi connectivity index (χ1v) is 6.55. The van der Waals surface area contributed by atoms with Gasteiger partial charge in [0.15, 0.2) is 0 Å². The topological polar surface area (TPSA) is 20.3 Å². The maximum Gasteiger partial charge on any atom is 0.254 e. The third-order valence-electron chi connectivity index (χ3n) is 3.32. The summed E-state index contributed by atoms with van der Waals surface area (Å²) < 4.78 is 13.6. The number of aryl methyl sites for hydroxylation is 2. The van der Waals surface area contributed by atoms with Gasteiger partial charge in [0.05, 0.1) is 0 Å². The van der Waals surface area contributed by atoms with Crippen LogP contribution in [-0.4, -0.2) is 17.9 Å². The molecule has 0 N–H and O–H groups in total. The second-order valence-corrected chi connectivity index (χ2v) is 5.07. The Morgan fingerprint density at radius 3 is 2.50 bits per heavy atom. The molecule has 2 aromatic carbocycles. The Hall–Kier alpha value is -2.16. The molecule has 2 rings (SSSR count). The lowest BCUT2D eigenvalue weighted by atomic mass is 10.0. The van der Waals surface area contributed by atoms with Gasteiger partial charge in [0.25, 0.3) is 5.91 Å². The summed E-state index contributed by atoms with van der Waals surface area (Å²) in [5.74, 6) is -0.376. The molecule has 20 heavy (non-hydrogen) atoms. The molecule has 0 aromatic heterocycles. The van der Waals surface area contributed by atoms with Gasteiger partial charge in [-0.2, -0.15) is 0 Å². The number of halogens is 1. The molecule has 0 fully saturated rings. The number of carbonyl (C=O) groups is 1. The Labute approximate surface area is 118 Å². The van der Waals surface area contributed by atoms with E-state index in [4.69, 9.17) is 0 Å². The van der Waals surface area contributed by atoms with Crippen molar-refractivity contribution in [3.8, 4) is 0 Å². The zero-order chi connectivity index (χ0) is 14.7. The predicted octanol–water partition coefficient (Wildman–Crippen LogP) is 3.71. The number of hydrogen-bond acceptors (Lipinski definition) is 1. The zero-order valence-electron chi connectivity index (χ0n) is 12.0. The lowest BCUT2D eigenvalue weighted by Gasteiger charge is -2.19. The summed E-state index contributed by atoms with van der Waals surface area (Å²) in [7, 11) is 1.69. The van der Waals surface area contributed by atoms with Crippen molar-refractivity contribution in [3.05, 3.63) is 70.5 Å². The first kappa shape index (κ1) is 14.3. The van der Waals surface area contributed by atoms with Gasteiger partial charge >= 0.3 is 0 Å². The molecule has 0 heterocycles. The maximum absolute atomic E-state index is 13.6. The van der Waals surface area contributed by atoms with Gasteiger partial charge < -0.3 is 4.90 Å². The van der Waals surface area contributed by atoms with Crippen LogP contribution in [-0.2, 0) is 6.54 Å². The molecule has 0 unspecified atom stereocenters. The van der Waals surface area contributed by atoms with Crippen LogP contribution in [0.4, 0.5) is 4.39 Å². The van der Waals surface area contributed by atoms with Crippen molar-refractivity contribution in [2.45, 2.75) is 20.4 Å². The minimum absolute atomic E-state index is 0.0919. The molecule has 104 valence electrons. The molecule has 2 nitrogen and oxygen atoms in total. The smallest absolute Gasteiger partial charge is 0.254 e. The van der Waals surface area contributed by atoms with Gasteiger partial charge in [-0.25, -0.2) is 4.39 Å². The summed E-state index contributed by atoms with van der Waals surface area (Å²) in [4.78, 5) is 13.9. The summed E-state index contributed by atoms with van der Waals surface area (Å²) in [5, 5.41) is 0. The van der Waals surface area contributed by atoms with E-state index in [-0.39, 0.29) is 18.3 Å². The van der Waals surface area contributed by atoms with Gasteiger partial charge in [-0.15, -0.1) is 0 Å². The Morgan fingerprint density at radius 1 is 1.15 bits per heavy atom. The van der Waals surface area contributed by atoms with Crippen LogP contribution < -0.4 is 0 Å². The van der Waals surface area contributed by atoms with Crippen LogP contribution in [0.3, 0.4) is 0 Å². The van der Waals surface area contributed by atoms with Crippen LogP contribution >= 0.6 is 0 Å². The number of benzene rings is 2. The number of rotatable bonds is 3. The van der Waals surface area contributed by atoms with Crippen LogP contribution in [0.1, 0.15) is 27.0 Å². The van der Waals surface area contributed by atoms with E-state index in [0.29, 0.717) is 11.1 Å². The first-order valence-electron chi connectivity index (χ1n) is 6.55. The highest BCUT2D eigenvalue weighted by atomic mass is 19.1. The quantitative estimate of drug-likeness (QED) is 0.833. The molecule has 2 aromatic rings. The van der Waals surface area contributed by atoms with Gasteiger partial charge in [0.1, 0.15) is 5.82 Å². The fraction of sp³-hybridized carbons (Fsp3) is 0.235. The summed E-state index contributed by atoms with van der Waals surface area (Å²) in [6, 6.07) is 12.2. The van der Waals surface area contributed by atoms with E-state index in [2.05, 4.69) is 0 Å². The van der Waals surface area contributed by atoms with E-state index in [1.54, 1.807) is 25.2 Å². The standard InChI is InChI=1S/C17H18FNO/c1-12-8-9-15(13(2)10-12)17(20)19(3)11-14-6-4-5-7-16(14)18/h4-10H,11H2,1-3H3. The third-order valence-corrected chi connectivity index (χ3v) is 3.32. The Balaban J connectivity index is 2.19. The van der Waals surface area contributed by atoms with Gasteiger partial charge in [-0.05, 0) is 31.5 Å². The Kier molecular flexibility index (Phi) is 4.18. The van der Waals surface area contributed by atoms with Crippen LogP contribution in [0.5, 0.6) is 0 Å². The fourth-order valence-corrected chi connectivity index (χ4v) is 2.21. The van der Waals surface area contributed by atoms with E-state index in [1.165, 1.54) is 11.0 Å². The van der Waals surface area contributed by atoms with Crippen molar-refractivity contribution in [2.75, 3.05) is 7.05 Å². The van der Waals surface area contributed by atoms with Crippen LogP contribution in [0.2, 0.25) is 0 Å². The molecule has 0 bridgehead atoms. The normalized spacial score (nSPS) is 10.4. The summed E-state index contributed by atoms with van der Waals surface area (Å²) in [6.45, 7) is 4.17. The van der Waals surface area contributed by atoms with Crippen molar-refractivity contribution < 1.29 is 9.18 Å². The van der Waals surface area contributed by atoms with E-state index in [1.807, 2.05) is 32.0 Å². The number of carbonyl (C=O) groups excluding carboxylic acids is 1. The Bertz CT molecular complexity index is 637. The molecule has 0 radical (unpaired) electrons. The van der Waals surface area contributed by atoms with E-state index in [0.717, 1.165) is 11.1 Å². The fourth-order valence-electron chi connectivity index (χ4n) is 2.21. The van der Waals surface area contributed by atoms with E-state index >= 15 is 0 Å². The number of nitrogens with zero attached hydrogens (tertiary/aromatic N) is 1. The molecule has 0 aliphatic rings. The molecule has 1 amide bonds. The molecule has 0 atom stereocenters. The minimum atomic E-state index is -0.284. The van der Waals surface area contributed by atoms with Crippen LogP contribution in [0, 0.1) is 19.7 Å². The maximum atomic E-state index is 13.6. The van der Waals surface area contributed by atoms with Crippen LogP contribution in [0.15, 0.2) is 42.5 Å². The lowest BCUT2D eigenvalue weighted by Crippen LogP contribution is -2.27. The van der Waals surface area contributed by atoms with Crippen molar-refractivity contribution in [1.82, 2.24) is 4.90 Å². The molecule has 0 aliphatic carbocycles. The zero-order valence-corrected chi connectivity index (χ0v) is 12.0. The van der Waals surface area contributed by atoms with Crippen molar-refractivity contribution in [1.29, 1.82) is 0 Å². The SMILES string of the molecule is Cc1ccc(C(=O)N(C)Cc2ccccc2F)c(C)c1. The van der Waals surface area contributed by atoms with Crippen molar-refractivity contribution in [3.63, 3.8) is 0 Å². The number of hydrogen-bond donors (Lipinski definition) is 0. The summed E-state index contributed by atoms with van der Waals surface area (Å²) >= 11 is 0. The number of amides is 1. The van der Waals surface area contributed by atoms with E-state index < -0.39 is 0 Å². The van der Waals surface area contributed by atoms with Gasteiger partial charge in [-0.3, -0.25) is 4.79 Å². The van der Waals surface area contributed by atoms with Gasteiger partial charge in [0, 0.05) is 24.7 Å². The highest BCUT2D eigenvalue weighted by Crippen LogP contribution is 2.15. The highest BCUT2D eigenvalue weighted by molar-refractivity contribution is 5.95. The summed E-state index contributed by atoms with van der Waals surface area (Å²) in [6.07, 6.45) is 0. The van der Waals surface area contributed by atoms with Crippen LogP contribution in [0.25, 0.3) is 0 Å². The van der Waals surface area contributed by atoms with Gasteiger partial charge in [-0.1, -0.05) is 35.9 Å². The predicted molar refractivity (Wildman–Crippen MR) is 78.1 cm³/mol. The van der Waals surface area contributed by atoms with Crippen molar-refractivity contribution in [2.24, 2.45) is 0 Å². The molecule has 0 spiro atoms. The molecular formula is C17H18FNO. The largest absolute Gasteiger partial charge is 0.337 e. The minimum Gasteiger partial charge on any atom is -0.337 e. The second-order valence-electron chi connectivity index (χ2n) is 5.07. The monoisotopic (exact) mass is 271 g/mol. The average molecular weight is 271 g/mol. The lowest BCUT2D eigenvalue weighted by molar-refractivity contribution is 0.0783. The molecule has 0 saturated heterocycles.